The van der Waals surface area contributed by atoms with Crippen molar-refractivity contribution >= 4 is 17.5 Å². The molecule has 2 aliphatic carbocycles. The Morgan fingerprint density at radius 2 is 1.82 bits per heavy atom. The van der Waals surface area contributed by atoms with E-state index in [1.165, 1.54) is 6.42 Å². The molecular formula is C28H37NO5. The fraction of sp³-hybridized carbons (Fsp3) is 0.607. The van der Waals surface area contributed by atoms with Crippen LogP contribution in [0.15, 0.2) is 34.5 Å². The lowest BCUT2D eigenvalue weighted by Gasteiger charge is -2.41. The number of hydrogen-bond donors (Lipinski definition) is 0. The Morgan fingerprint density at radius 1 is 1.09 bits per heavy atom. The number of allylic oxidation sites excluding steroid dienone is 1. The van der Waals surface area contributed by atoms with Crippen LogP contribution < -0.4 is 9.47 Å². The number of ether oxygens (including phenoxy) is 3. The Kier molecular flexibility index (Phi) is 7.15. The van der Waals surface area contributed by atoms with E-state index in [9.17, 15) is 9.59 Å². The molecule has 6 nitrogen and oxygen atoms in total. The maximum absolute atomic E-state index is 13.6. The average Bonchev–Trinajstić information content (AvgIpc) is 2.78. The van der Waals surface area contributed by atoms with Gasteiger partial charge < -0.3 is 14.2 Å². The summed E-state index contributed by atoms with van der Waals surface area (Å²) < 4.78 is 17.3. The Hall–Kier alpha value is -2.63. The van der Waals surface area contributed by atoms with E-state index < -0.39 is 11.8 Å². The maximum Gasteiger partial charge on any atom is 0.336 e. The molecule has 2 fully saturated rings. The van der Waals surface area contributed by atoms with Crippen LogP contribution in [0.3, 0.4) is 0 Å². The molecule has 1 heterocycles. The quantitative estimate of drug-likeness (QED) is 0.495. The van der Waals surface area contributed by atoms with Gasteiger partial charge in [0.1, 0.15) is 11.9 Å². The zero-order chi connectivity index (χ0) is 24.5. The lowest BCUT2D eigenvalue weighted by molar-refractivity contribution is -0.146. The first-order valence-electron chi connectivity index (χ1n) is 12.6. The molecule has 0 spiro atoms. The largest absolute Gasteiger partial charge is 0.493 e. The first kappa shape index (κ1) is 24.5. The van der Waals surface area contributed by atoms with Crippen LogP contribution in [-0.4, -0.2) is 37.3 Å². The van der Waals surface area contributed by atoms with Gasteiger partial charge in [-0.05, 0) is 69.1 Å². The van der Waals surface area contributed by atoms with Gasteiger partial charge in [0.25, 0.3) is 0 Å². The average molecular weight is 468 g/mol. The lowest BCUT2D eigenvalue weighted by atomic mass is 9.63. The number of fused-ring (bicyclic) bond motifs is 1. The van der Waals surface area contributed by atoms with Gasteiger partial charge in [-0.25, -0.2) is 4.79 Å². The molecule has 2 atom stereocenters. The van der Waals surface area contributed by atoms with Crippen LogP contribution in [0.5, 0.6) is 11.5 Å². The number of methoxy groups -OCH3 is 1. The zero-order valence-electron chi connectivity index (χ0n) is 21.1. The summed E-state index contributed by atoms with van der Waals surface area (Å²) in [5, 5.41) is 0. The van der Waals surface area contributed by atoms with Gasteiger partial charge in [0.05, 0.1) is 25.2 Å². The predicted molar refractivity (Wildman–Crippen MR) is 132 cm³/mol. The molecule has 184 valence electrons. The number of esters is 1. The van der Waals surface area contributed by atoms with Crippen molar-refractivity contribution in [3.63, 3.8) is 0 Å². The maximum atomic E-state index is 13.6. The van der Waals surface area contributed by atoms with Gasteiger partial charge in [0.15, 0.2) is 11.5 Å². The molecule has 0 aromatic heterocycles. The summed E-state index contributed by atoms with van der Waals surface area (Å²) in [6.45, 7) is 8.51. The lowest BCUT2D eigenvalue weighted by Crippen LogP contribution is -2.44. The molecule has 3 aliphatic rings. The second-order valence-electron chi connectivity index (χ2n) is 10.6. The monoisotopic (exact) mass is 467 g/mol. The zero-order valence-corrected chi connectivity index (χ0v) is 21.1. The van der Waals surface area contributed by atoms with E-state index in [2.05, 4.69) is 13.8 Å². The smallest absolute Gasteiger partial charge is 0.336 e. The highest BCUT2D eigenvalue weighted by molar-refractivity contribution is 6.12. The normalized spacial score (nSPS) is 24.9. The standard InChI is InChI=1S/C28H37NO5/c1-6-33-22-13-12-18(14-23(22)32-5)25-24(27(31)34-19-10-8-7-9-11-19)17(2)29-20-15-28(3,4)16-21(30)26(20)25/h12-14,19,25-26H,6-11,15-16H2,1-5H3/t25-,26?/m0/s1. The van der Waals surface area contributed by atoms with Gasteiger partial charge in [-0.3, -0.25) is 9.79 Å². The fourth-order valence-electron chi connectivity index (χ4n) is 5.77. The number of carbonyl (C=O) groups is 2. The molecule has 4 rings (SSSR count). The summed E-state index contributed by atoms with van der Waals surface area (Å²) >= 11 is 0. The second kappa shape index (κ2) is 9.93. The van der Waals surface area contributed by atoms with Crippen LogP contribution in [-0.2, 0) is 14.3 Å². The summed E-state index contributed by atoms with van der Waals surface area (Å²) in [6.07, 6.45) is 6.26. The molecule has 0 bridgehead atoms. The van der Waals surface area contributed by atoms with Crippen LogP contribution in [0.25, 0.3) is 0 Å². The number of nitrogens with zero attached hydrogens (tertiary/aromatic N) is 1. The number of carbonyl (C=O) groups excluding carboxylic acids is 2. The van der Waals surface area contributed by atoms with E-state index in [1.54, 1.807) is 7.11 Å². The van der Waals surface area contributed by atoms with Gasteiger partial charge >= 0.3 is 5.97 Å². The highest BCUT2D eigenvalue weighted by atomic mass is 16.5. The van der Waals surface area contributed by atoms with Gasteiger partial charge in [-0.1, -0.05) is 26.3 Å². The Balaban J connectivity index is 1.78. The summed E-state index contributed by atoms with van der Waals surface area (Å²) in [7, 11) is 1.60. The minimum atomic E-state index is -0.465. The number of benzene rings is 1. The molecule has 0 saturated heterocycles. The molecule has 34 heavy (non-hydrogen) atoms. The molecule has 1 aromatic rings. The predicted octanol–water partition coefficient (Wildman–Crippen LogP) is 5.79. The summed E-state index contributed by atoms with van der Waals surface area (Å²) in [5.74, 6) is 0.0993. The number of rotatable bonds is 6. The molecule has 1 aromatic carbocycles. The third kappa shape index (κ3) is 4.91. The van der Waals surface area contributed by atoms with E-state index in [1.807, 2.05) is 32.0 Å². The summed E-state index contributed by atoms with van der Waals surface area (Å²) in [6, 6.07) is 5.70. The highest BCUT2D eigenvalue weighted by Gasteiger charge is 2.48. The van der Waals surface area contributed by atoms with Gasteiger partial charge in [0.2, 0.25) is 0 Å². The van der Waals surface area contributed by atoms with E-state index >= 15 is 0 Å². The first-order chi connectivity index (χ1) is 16.2. The number of aliphatic imine (C=N–C) groups is 1. The summed E-state index contributed by atoms with van der Waals surface area (Å²) in [5.41, 5.74) is 2.72. The SMILES string of the molecule is CCOc1ccc([C@H]2C(C(=O)OC3CCCCC3)=C(C)N=C3CC(C)(C)CC(=O)C32)cc1OC. The molecule has 1 aliphatic heterocycles. The Labute approximate surface area is 202 Å². The van der Waals surface area contributed by atoms with Crippen LogP contribution in [0.1, 0.15) is 84.1 Å². The topological polar surface area (TPSA) is 74.2 Å². The van der Waals surface area contributed by atoms with Crippen LogP contribution >= 0.6 is 0 Å². The number of ketones is 1. The van der Waals surface area contributed by atoms with Crippen molar-refractivity contribution in [3.05, 3.63) is 35.0 Å². The number of hydrogen-bond acceptors (Lipinski definition) is 6. The van der Waals surface area contributed by atoms with E-state index in [4.69, 9.17) is 19.2 Å². The van der Waals surface area contributed by atoms with Crippen molar-refractivity contribution in [2.45, 2.75) is 84.7 Å². The van der Waals surface area contributed by atoms with E-state index in [0.717, 1.165) is 43.4 Å². The second-order valence-corrected chi connectivity index (χ2v) is 10.6. The van der Waals surface area contributed by atoms with Crippen LogP contribution in [0.4, 0.5) is 0 Å². The van der Waals surface area contributed by atoms with Crippen molar-refractivity contribution in [3.8, 4) is 11.5 Å². The molecule has 0 N–H and O–H groups in total. The highest BCUT2D eigenvalue weighted by Crippen LogP contribution is 2.48. The molecular weight excluding hydrogens is 430 g/mol. The van der Waals surface area contributed by atoms with Gasteiger partial charge in [-0.15, -0.1) is 0 Å². The van der Waals surface area contributed by atoms with Crippen LogP contribution in [0, 0.1) is 11.3 Å². The van der Waals surface area contributed by atoms with Crippen molar-refractivity contribution < 1.29 is 23.8 Å². The van der Waals surface area contributed by atoms with Gasteiger partial charge in [0, 0.05) is 23.7 Å². The molecule has 1 unspecified atom stereocenters. The van der Waals surface area contributed by atoms with Crippen molar-refractivity contribution in [2.24, 2.45) is 16.3 Å². The van der Waals surface area contributed by atoms with Crippen molar-refractivity contribution in [2.75, 3.05) is 13.7 Å². The summed E-state index contributed by atoms with van der Waals surface area (Å²) in [4.78, 5) is 31.9. The van der Waals surface area contributed by atoms with Gasteiger partial charge in [-0.2, -0.15) is 0 Å². The third-order valence-electron chi connectivity index (χ3n) is 7.26. The molecule has 0 radical (unpaired) electrons. The Morgan fingerprint density at radius 3 is 2.50 bits per heavy atom. The fourth-order valence-corrected chi connectivity index (χ4v) is 5.77. The number of Topliss-reactive ketones (excluding diaryl/α,β-unsaturated/α-hetero) is 1. The minimum absolute atomic E-state index is 0.0663. The van der Waals surface area contributed by atoms with E-state index in [-0.39, 0.29) is 23.3 Å². The van der Waals surface area contributed by atoms with E-state index in [0.29, 0.717) is 35.8 Å². The molecule has 6 heteroatoms. The minimum Gasteiger partial charge on any atom is -0.493 e. The Bertz CT molecular complexity index is 1020. The third-order valence-corrected chi connectivity index (χ3v) is 7.26. The first-order valence-corrected chi connectivity index (χ1v) is 12.6. The molecule has 0 amide bonds. The van der Waals surface area contributed by atoms with Crippen LogP contribution in [0.2, 0.25) is 0 Å². The van der Waals surface area contributed by atoms with Crippen molar-refractivity contribution in [1.29, 1.82) is 0 Å². The van der Waals surface area contributed by atoms with Crippen molar-refractivity contribution in [1.82, 2.24) is 0 Å². The molecule has 2 saturated carbocycles.